The Hall–Kier alpha value is -2.31. The molecule has 1 aliphatic heterocycles. The Labute approximate surface area is 153 Å². The van der Waals surface area contributed by atoms with Gasteiger partial charge in [0.2, 0.25) is 0 Å². The summed E-state index contributed by atoms with van der Waals surface area (Å²) in [7, 11) is 0. The van der Waals surface area contributed by atoms with Crippen molar-refractivity contribution in [2.75, 3.05) is 5.75 Å². The lowest BCUT2D eigenvalue weighted by Gasteiger charge is -2.16. The van der Waals surface area contributed by atoms with E-state index in [1.807, 2.05) is 24.3 Å². The molecule has 1 aliphatic rings. The molecule has 0 bridgehead atoms. The number of fused-ring (bicyclic) bond motifs is 1. The predicted octanol–water partition coefficient (Wildman–Crippen LogP) is 2.08. The summed E-state index contributed by atoms with van der Waals surface area (Å²) in [4.78, 5) is 17.2. The van der Waals surface area contributed by atoms with Crippen molar-refractivity contribution in [1.29, 1.82) is 0 Å². The molecular formula is C18H14ClN3O2S. The predicted molar refractivity (Wildman–Crippen MR) is 94.9 cm³/mol. The summed E-state index contributed by atoms with van der Waals surface area (Å²) in [5.74, 6) is 0.563. The van der Waals surface area contributed by atoms with Crippen LogP contribution in [-0.2, 0) is 13.1 Å². The summed E-state index contributed by atoms with van der Waals surface area (Å²) in [5.41, 5.74) is 1.45. The second kappa shape index (κ2) is 6.54. The minimum atomic E-state index is -0.271. The molecule has 7 heteroatoms. The van der Waals surface area contributed by atoms with E-state index >= 15 is 0 Å². The lowest BCUT2D eigenvalue weighted by atomic mass is 10.1. The molecule has 3 heterocycles. The fourth-order valence-electron chi connectivity index (χ4n) is 2.94. The van der Waals surface area contributed by atoms with Gasteiger partial charge in [-0.3, -0.25) is 0 Å². The van der Waals surface area contributed by atoms with Gasteiger partial charge in [0, 0.05) is 17.5 Å². The van der Waals surface area contributed by atoms with Crippen LogP contribution in [0.3, 0.4) is 0 Å². The van der Waals surface area contributed by atoms with Crippen LogP contribution >= 0.6 is 23.4 Å². The first-order valence-corrected chi connectivity index (χ1v) is 9.18. The lowest BCUT2D eigenvalue weighted by molar-refractivity contribution is -0.763. The van der Waals surface area contributed by atoms with E-state index in [0.717, 1.165) is 11.3 Å². The Balaban J connectivity index is 1.91. The number of hydrogen-bond acceptors (Lipinski definition) is 4. The lowest BCUT2D eigenvalue weighted by Crippen LogP contribution is -2.44. The van der Waals surface area contributed by atoms with E-state index in [2.05, 4.69) is 4.98 Å². The number of aromatic nitrogens is 3. The summed E-state index contributed by atoms with van der Waals surface area (Å²) in [5, 5.41) is 13.9. The third kappa shape index (κ3) is 2.92. The molecule has 0 aliphatic carbocycles. The van der Waals surface area contributed by atoms with Crippen LogP contribution in [0.4, 0.5) is 0 Å². The quantitative estimate of drug-likeness (QED) is 0.402. The molecule has 0 amide bonds. The molecule has 4 rings (SSSR count). The third-order valence-corrected chi connectivity index (χ3v) is 5.43. The molecule has 25 heavy (non-hydrogen) atoms. The largest absolute Gasteiger partial charge is 0.842 e. The maximum absolute atomic E-state index is 13.1. The molecule has 0 radical (unpaired) electrons. The number of pyridine rings is 1. The maximum Gasteiger partial charge on any atom is 0.345 e. The third-order valence-electron chi connectivity index (χ3n) is 4.12. The Morgan fingerprint density at radius 2 is 2.04 bits per heavy atom. The monoisotopic (exact) mass is 371 g/mol. The molecule has 0 unspecified atom stereocenters. The number of rotatable bonds is 3. The van der Waals surface area contributed by atoms with Crippen molar-refractivity contribution < 1.29 is 9.67 Å². The summed E-state index contributed by atoms with van der Waals surface area (Å²) >= 11 is 7.37. The standard InChI is InChI=1S/C18H14ClN3O2S/c19-14-7-6-12(10-20-14)11-22-17(24)15(13-4-2-1-3-5-13)16(23)21-8-9-25-18(21)22/h1-7,10H,8-9,11H2. The van der Waals surface area contributed by atoms with Gasteiger partial charge in [0.05, 0.1) is 5.88 Å². The van der Waals surface area contributed by atoms with E-state index in [1.54, 1.807) is 33.5 Å². The van der Waals surface area contributed by atoms with Gasteiger partial charge in [0.1, 0.15) is 23.8 Å². The van der Waals surface area contributed by atoms with E-state index in [-0.39, 0.29) is 17.0 Å². The number of thioether (sulfide) groups is 1. The highest BCUT2D eigenvalue weighted by atomic mass is 35.5. The van der Waals surface area contributed by atoms with Crippen LogP contribution in [0.1, 0.15) is 5.56 Å². The normalized spacial score (nSPS) is 13.0. The summed E-state index contributed by atoms with van der Waals surface area (Å²) < 4.78 is 3.35. The van der Waals surface area contributed by atoms with Crippen LogP contribution in [0.5, 0.6) is 5.88 Å². The summed E-state index contributed by atoms with van der Waals surface area (Å²) in [6.45, 7) is 0.962. The molecule has 1 aromatic carbocycles. The molecular weight excluding hydrogens is 358 g/mol. The van der Waals surface area contributed by atoms with Crippen LogP contribution in [0.25, 0.3) is 11.1 Å². The van der Waals surface area contributed by atoms with Gasteiger partial charge in [-0.2, -0.15) is 4.57 Å². The highest BCUT2D eigenvalue weighted by molar-refractivity contribution is 7.99. The average Bonchev–Trinajstić information content (AvgIpc) is 3.11. The highest BCUT2D eigenvalue weighted by Crippen LogP contribution is 2.27. The smallest absolute Gasteiger partial charge is 0.345 e. The average molecular weight is 372 g/mol. The Morgan fingerprint density at radius 3 is 2.76 bits per heavy atom. The first-order chi connectivity index (χ1) is 12.1. The van der Waals surface area contributed by atoms with Crippen LogP contribution in [0.2, 0.25) is 5.15 Å². The number of hydrogen-bond donors (Lipinski definition) is 0. The fourth-order valence-corrected chi connectivity index (χ4v) is 4.14. The Bertz CT molecular complexity index is 988. The van der Waals surface area contributed by atoms with Crippen molar-refractivity contribution >= 4 is 23.4 Å². The molecule has 5 nitrogen and oxygen atoms in total. The Morgan fingerprint density at radius 1 is 1.24 bits per heavy atom. The zero-order valence-corrected chi connectivity index (χ0v) is 14.8. The molecule has 0 fully saturated rings. The fraction of sp³-hybridized carbons (Fsp3) is 0.167. The van der Waals surface area contributed by atoms with Crippen LogP contribution < -0.4 is 15.2 Å². The van der Waals surface area contributed by atoms with Gasteiger partial charge < -0.3 is 5.11 Å². The van der Waals surface area contributed by atoms with Crippen molar-refractivity contribution in [3.63, 3.8) is 0 Å². The van der Waals surface area contributed by atoms with Crippen LogP contribution in [-0.4, -0.2) is 15.3 Å². The van der Waals surface area contributed by atoms with Gasteiger partial charge in [-0.25, -0.2) is 14.3 Å². The van der Waals surface area contributed by atoms with Gasteiger partial charge >= 0.3 is 10.7 Å². The molecule has 0 saturated carbocycles. The molecule has 0 N–H and O–H groups in total. The van der Waals surface area contributed by atoms with Crippen molar-refractivity contribution in [1.82, 2.24) is 9.55 Å². The molecule has 0 saturated heterocycles. The Kier molecular flexibility index (Phi) is 4.23. The number of benzene rings is 1. The summed E-state index contributed by atoms with van der Waals surface area (Å²) in [6, 6.07) is 12.6. The minimum absolute atomic E-state index is 0.216. The van der Waals surface area contributed by atoms with Crippen molar-refractivity contribution in [3.05, 3.63) is 69.7 Å². The summed E-state index contributed by atoms with van der Waals surface area (Å²) in [6.07, 6.45) is 1.65. The zero-order chi connectivity index (χ0) is 17.4. The molecule has 0 spiro atoms. The molecule has 3 aromatic rings. The topological polar surface area (TPSA) is 61.8 Å². The molecule has 0 atom stereocenters. The van der Waals surface area contributed by atoms with Crippen molar-refractivity contribution in [3.8, 4) is 17.0 Å². The second-order valence-electron chi connectivity index (χ2n) is 5.71. The van der Waals surface area contributed by atoms with E-state index < -0.39 is 0 Å². The molecule has 126 valence electrons. The van der Waals surface area contributed by atoms with E-state index in [4.69, 9.17) is 11.6 Å². The number of nitrogens with zero attached hydrogens (tertiary/aromatic N) is 3. The van der Waals surface area contributed by atoms with Crippen LogP contribution in [0, 0.1) is 0 Å². The number of halogens is 1. The second-order valence-corrected chi connectivity index (χ2v) is 7.16. The van der Waals surface area contributed by atoms with Gasteiger partial charge in [-0.1, -0.05) is 48.0 Å². The highest BCUT2D eigenvalue weighted by Gasteiger charge is 2.29. The molecule has 2 aromatic heterocycles. The SMILES string of the molecule is O=c1c(-c2ccccc2)c([O-])[n+]2c(n1Cc1ccc(Cl)nc1)SCC2. The van der Waals surface area contributed by atoms with Gasteiger partial charge in [-0.15, -0.1) is 0 Å². The van der Waals surface area contributed by atoms with E-state index in [9.17, 15) is 9.90 Å². The van der Waals surface area contributed by atoms with E-state index in [1.165, 1.54) is 11.8 Å². The van der Waals surface area contributed by atoms with Crippen molar-refractivity contribution in [2.45, 2.75) is 18.2 Å². The first-order valence-electron chi connectivity index (χ1n) is 7.81. The van der Waals surface area contributed by atoms with Crippen LogP contribution in [0.15, 0.2) is 58.6 Å². The van der Waals surface area contributed by atoms with E-state index in [0.29, 0.717) is 29.0 Å². The van der Waals surface area contributed by atoms with Gasteiger partial charge in [-0.05, 0) is 23.4 Å². The van der Waals surface area contributed by atoms with Gasteiger partial charge in [0.15, 0.2) is 0 Å². The van der Waals surface area contributed by atoms with Crippen molar-refractivity contribution in [2.24, 2.45) is 0 Å². The zero-order valence-electron chi connectivity index (χ0n) is 13.2. The minimum Gasteiger partial charge on any atom is -0.842 e. The van der Waals surface area contributed by atoms with Gasteiger partial charge in [0.25, 0.3) is 0 Å². The first kappa shape index (κ1) is 16.2. The maximum atomic E-state index is 13.1.